The Bertz CT molecular complexity index is 507. The van der Waals surface area contributed by atoms with Crippen molar-refractivity contribution in [3.05, 3.63) is 52.6 Å². The second-order valence-corrected chi connectivity index (χ2v) is 4.82. The lowest BCUT2D eigenvalue weighted by Crippen LogP contribution is -2.30. The summed E-state index contributed by atoms with van der Waals surface area (Å²) >= 11 is 6.20. The molecule has 2 heterocycles. The van der Waals surface area contributed by atoms with Gasteiger partial charge < -0.3 is 4.98 Å². The molecule has 0 saturated heterocycles. The summed E-state index contributed by atoms with van der Waals surface area (Å²) < 4.78 is 0. The lowest BCUT2D eigenvalue weighted by Gasteiger charge is -2.28. The highest BCUT2D eigenvalue weighted by Gasteiger charge is 2.18. The zero-order chi connectivity index (χ0) is 11.7. The Labute approximate surface area is 105 Å². The summed E-state index contributed by atoms with van der Waals surface area (Å²) in [7, 11) is 0. The van der Waals surface area contributed by atoms with Crippen LogP contribution in [0.4, 0.5) is 0 Å². The zero-order valence-electron chi connectivity index (χ0n) is 9.49. The molecular weight excluding hydrogens is 234 g/mol. The predicted molar refractivity (Wildman–Crippen MR) is 67.9 cm³/mol. The molecule has 0 aliphatic carbocycles. The Kier molecular flexibility index (Phi) is 2.87. The van der Waals surface area contributed by atoms with Crippen LogP contribution in [0.25, 0.3) is 0 Å². The zero-order valence-corrected chi connectivity index (χ0v) is 10.2. The molecule has 1 N–H and O–H groups in total. The lowest BCUT2D eigenvalue weighted by atomic mass is 10.00. The Morgan fingerprint density at radius 2 is 2.35 bits per heavy atom. The van der Waals surface area contributed by atoms with Gasteiger partial charge in [-0.2, -0.15) is 0 Å². The molecule has 0 fully saturated rings. The molecule has 1 aliphatic rings. The van der Waals surface area contributed by atoms with Gasteiger partial charge in [-0.15, -0.1) is 0 Å². The third kappa shape index (κ3) is 2.21. The maximum absolute atomic E-state index is 6.20. The summed E-state index contributed by atoms with van der Waals surface area (Å²) in [6, 6.07) is 6.17. The molecule has 4 heteroatoms. The van der Waals surface area contributed by atoms with Gasteiger partial charge in [0, 0.05) is 36.5 Å². The molecule has 1 aliphatic heterocycles. The van der Waals surface area contributed by atoms with Crippen LogP contribution in [0, 0.1) is 0 Å². The van der Waals surface area contributed by atoms with Crippen LogP contribution in [0.15, 0.2) is 30.7 Å². The van der Waals surface area contributed by atoms with Crippen molar-refractivity contribution in [1.82, 2.24) is 14.9 Å². The smallest absolute Gasteiger partial charge is 0.0922 e. The van der Waals surface area contributed by atoms with Crippen LogP contribution >= 0.6 is 11.6 Å². The topological polar surface area (TPSA) is 31.9 Å². The number of halogens is 1. The minimum atomic E-state index is 0.906. The molecule has 0 amide bonds. The van der Waals surface area contributed by atoms with Crippen LogP contribution < -0.4 is 0 Å². The van der Waals surface area contributed by atoms with E-state index in [1.54, 1.807) is 6.33 Å². The number of aromatic amines is 1. The van der Waals surface area contributed by atoms with Gasteiger partial charge in [-0.3, -0.25) is 4.90 Å². The highest BCUT2D eigenvalue weighted by Crippen LogP contribution is 2.26. The first-order valence-corrected chi connectivity index (χ1v) is 6.16. The summed E-state index contributed by atoms with van der Waals surface area (Å²) in [4.78, 5) is 9.59. The Morgan fingerprint density at radius 3 is 3.18 bits per heavy atom. The van der Waals surface area contributed by atoms with Crippen molar-refractivity contribution in [1.29, 1.82) is 0 Å². The third-order valence-corrected chi connectivity index (χ3v) is 3.59. The quantitative estimate of drug-likeness (QED) is 0.885. The second kappa shape index (κ2) is 4.51. The van der Waals surface area contributed by atoms with Gasteiger partial charge in [0.25, 0.3) is 0 Å². The van der Waals surface area contributed by atoms with Crippen molar-refractivity contribution in [2.24, 2.45) is 0 Å². The first-order chi connectivity index (χ1) is 8.33. The van der Waals surface area contributed by atoms with Crippen LogP contribution in [0.3, 0.4) is 0 Å². The van der Waals surface area contributed by atoms with E-state index in [-0.39, 0.29) is 0 Å². The van der Waals surface area contributed by atoms with Gasteiger partial charge >= 0.3 is 0 Å². The lowest BCUT2D eigenvalue weighted by molar-refractivity contribution is 0.243. The number of imidazole rings is 1. The number of hydrogen-bond acceptors (Lipinski definition) is 2. The SMILES string of the molecule is Clc1cccc2c1CCN(Cc1cnc[nH]1)C2. The number of benzene rings is 1. The largest absolute Gasteiger partial charge is 0.347 e. The molecule has 3 rings (SSSR count). The molecule has 88 valence electrons. The number of hydrogen-bond donors (Lipinski definition) is 1. The number of nitrogens with zero attached hydrogens (tertiary/aromatic N) is 2. The van der Waals surface area contributed by atoms with Crippen molar-refractivity contribution in [3.63, 3.8) is 0 Å². The van der Waals surface area contributed by atoms with Crippen LogP contribution in [0.5, 0.6) is 0 Å². The molecule has 0 radical (unpaired) electrons. The van der Waals surface area contributed by atoms with Gasteiger partial charge in [-0.05, 0) is 23.6 Å². The maximum Gasteiger partial charge on any atom is 0.0922 e. The summed E-state index contributed by atoms with van der Waals surface area (Å²) in [5, 5.41) is 0.906. The van der Waals surface area contributed by atoms with Crippen molar-refractivity contribution in [3.8, 4) is 0 Å². The van der Waals surface area contributed by atoms with Gasteiger partial charge in [-0.25, -0.2) is 4.98 Å². The van der Waals surface area contributed by atoms with E-state index >= 15 is 0 Å². The summed E-state index contributed by atoms with van der Waals surface area (Å²) in [5.74, 6) is 0. The number of H-pyrrole nitrogens is 1. The van der Waals surface area contributed by atoms with E-state index in [4.69, 9.17) is 11.6 Å². The van der Waals surface area contributed by atoms with Crippen molar-refractivity contribution in [2.75, 3.05) is 6.54 Å². The summed E-state index contributed by atoms with van der Waals surface area (Å²) in [5.41, 5.74) is 3.83. The average Bonchev–Trinajstić information content (AvgIpc) is 2.82. The maximum atomic E-state index is 6.20. The molecule has 1 aromatic heterocycles. The number of nitrogens with one attached hydrogen (secondary N) is 1. The van der Waals surface area contributed by atoms with Gasteiger partial charge in [0.2, 0.25) is 0 Å². The monoisotopic (exact) mass is 247 g/mol. The van der Waals surface area contributed by atoms with Crippen LogP contribution in [-0.4, -0.2) is 21.4 Å². The van der Waals surface area contributed by atoms with Gasteiger partial charge in [0.15, 0.2) is 0 Å². The summed E-state index contributed by atoms with van der Waals surface area (Å²) in [6.07, 6.45) is 4.64. The molecule has 2 aromatic rings. The molecular formula is C13H14ClN3. The minimum Gasteiger partial charge on any atom is -0.347 e. The Hall–Kier alpha value is -1.32. The van der Waals surface area contributed by atoms with Crippen molar-refractivity contribution >= 4 is 11.6 Å². The van der Waals surface area contributed by atoms with Crippen molar-refractivity contribution in [2.45, 2.75) is 19.5 Å². The number of rotatable bonds is 2. The van der Waals surface area contributed by atoms with E-state index in [0.29, 0.717) is 0 Å². The van der Waals surface area contributed by atoms with E-state index in [9.17, 15) is 0 Å². The van der Waals surface area contributed by atoms with Gasteiger partial charge in [0.1, 0.15) is 0 Å². The fourth-order valence-corrected chi connectivity index (χ4v) is 2.66. The molecule has 0 atom stereocenters. The number of fused-ring (bicyclic) bond motifs is 1. The molecule has 0 saturated carbocycles. The van der Waals surface area contributed by atoms with E-state index < -0.39 is 0 Å². The first kappa shape index (κ1) is 10.8. The minimum absolute atomic E-state index is 0.906. The Balaban J connectivity index is 1.77. The van der Waals surface area contributed by atoms with E-state index in [2.05, 4.69) is 20.9 Å². The fraction of sp³-hybridized carbons (Fsp3) is 0.308. The van der Waals surface area contributed by atoms with E-state index in [0.717, 1.165) is 36.8 Å². The Morgan fingerprint density at radius 1 is 1.41 bits per heavy atom. The van der Waals surface area contributed by atoms with Crippen LogP contribution in [-0.2, 0) is 19.5 Å². The van der Waals surface area contributed by atoms with Gasteiger partial charge in [0.05, 0.1) is 6.33 Å². The first-order valence-electron chi connectivity index (χ1n) is 5.79. The normalized spacial score (nSPS) is 15.8. The second-order valence-electron chi connectivity index (χ2n) is 4.42. The molecule has 17 heavy (non-hydrogen) atoms. The molecule has 0 bridgehead atoms. The fourth-order valence-electron chi connectivity index (χ4n) is 2.37. The van der Waals surface area contributed by atoms with Crippen LogP contribution in [0.2, 0.25) is 5.02 Å². The third-order valence-electron chi connectivity index (χ3n) is 3.24. The molecule has 1 aromatic carbocycles. The van der Waals surface area contributed by atoms with Crippen LogP contribution in [0.1, 0.15) is 16.8 Å². The van der Waals surface area contributed by atoms with E-state index in [1.165, 1.54) is 11.1 Å². The molecule has 0 unspecified atom stereocenters. The van der Waals surface area contributed by atoms with Gasteiger partial charge in [-0.1, -0.05) is 23.7 Å². The highest BCUT2D eigenvalue weighted by molar-refractivity contribution is 6.31. The molecule has 0 spiro atoms. The average molecular weight is 248 g/mol. The summed E-state index contributed by atoms with van der Waals surface area (Å²) in [6.45, 7) is 2.94. The standard InChI is InChI=1S/C13H14ClN3/c14-13-3-1-2-10-7-17(5-4-12(10)13)8-11-6-15-9-16-11/h1-3,6,9H,4-5,7-8H2,(H,15,16). The molecule has 3 nitrogen and oxygen atoms in total. The number of aromatic nitrogens is 2. The predicted octanol–water partition coefficient (Wildman–Crippen LogP) is 2.62. The highest BCUT2D eigenvalue weighted by atomic mass is 35.5. The van der Waals surface area contributed by atoms with Crippen molar-refractivity contribution < 1.29 is 0 Å². The van der Waals surface area contributed by atoms with E-state index in [1.807, 2.05) is 18.3 Å².